The number of aliphatic hydroxyl groups excluding tert-OH is 2. The molecule has 1 heterocycles. The van der Waals surface area contributed by atoms with E-state index in [4.69, 9.17) is 23.1 Å². The van der Waals surface area contributed by atoms with Crippen LogP contribution < -0.4 is 5.73 Å². The molecule has 14 heavy (non-hydrogen) atoms. The van der Waals surface area contributed by atoms with Crippen molar-refractivity contribution in [2.75, 3.05) is 26.2 Å². The molecule has 82 valence electrons. The molecule has 0 saturated carbocycles. The molecule has 1 aliphatic heterocycles. The van der Waals surface area contributed by atoms with Crippen LogP contribution in [-0.4, -0.2) is 52.4 Å². The minimum Gasteiger partial charge on any atom is -0.394 e. The van der Waals surface area contributed by atoms with Crippen LogP contribution in [0.4, 0.5) is 0 Å². The number of thiocarbonyl (C=S) groups is 1. The number of hydrogen-bond donors (Lipinski definition) is 3. The first-order chi connectivity index (χ1) is 6.63. The van der Waals surface area contributed by atoms with Gasteiger partial charge in [0.25, 0.3) is 0 Å². The normalized spacial score (nSPS) is 22.1. The van der Waals surface area contributed by atoms with Gasteiger partial charge in [0.15, 0.2) is 0 Å². The lowest BCUT2D eigenvalue weighted by Crippen LogP contribution is -2.42. The average Bonchev–Trinajstić information content (AvgIpc) is 2.18. The van der Waals surface area contributed by atoms with Gasteiger partial charge in [0.05, 0.1) is 17.7 Å². The van der Waals surface area contributed by atoms with Crippen molar-refractivity contribution in [3.8, 4) is 0 Å². The molecule has 0 bridgehead atoms. The summed E-state index contributed by atoms with van der Waals surface area (Å²) in [7, 11) is 0. The molecule has 0 aromatic rings. The zero-order valence-electron chi connectivity index (χ0n) is 8.22. The van der Waals surface area contributed by atoms with Crippen LogP contribution in [-0.2, 0) is 0 Å². The van der Waals surface area contributed by atoms with Crippen LogP contribution in [0.15, 0.2) is 0 Å². The minimum absolute atomic E-state index is 0.171. The van der Waals surface area contributed by atoms with Gasteiger partial charge in [-0.15, -0.1) is 0 Å². The number of hydrogen-bond acceptors (Lipinski definition) is 4. The Labute approximate surface area is 89.7 Å². The highest BCUT2D eigenvalue weighted by atomic mass is 32.1. The van der Waals surface area contributed by atoms with Gasteiger partial charge in [-0.2, -0.15) is 0 Å². The first kappa shape index (κ1) is 11.8. The fourth-order valence-electron chi connectivity index (χ4n) is 1.76. The van der Waals surface area contributed by atoms with Crippen molar-refractivity contribution >= 4 is 17.2 Å². The lowest BCUT2D eigenvalue weighted by atomic mass is 9.97. The van der Waals surface area contributed by atoms with Crippen molar-refractivity contribution in [1.82, 2.24) is 4.90 Å². The first-order valence-electron chi connectivity index (χ1n) is 4.94. The van der Waals surface area contributed by atoms with Gasteiger partial charge >= 0.3 is 0 Å². The molecule has 0 aliphatic carbocycles. The van der Waals surface area contributed by atoms with Gasteiger partial charge in [-0.3, -0.25) is 0 Å². The van der Waals surface area contributed by atoms with Gasteiger partial charge in [-0.1, -0.05) is 12.2 Å². The topological polar surface area (TPSA) is 69.7 Å². The van der Waals surface area contributed by atoms with Gasteiger partial charge in [-0.05, 0) is 25.9 Å². The second-order valence-corrected chi connectivity index (χ2v) is 4.29. The van der Waals surface area contributed by atoms with Gasteiger partial charge in [0, 0.05) is 12.5 Å². The van der Waals surface area contributed by atoms with E-state index in [2.05, 4.69) is 4.90 Å². The smallest absolute Gasteiger partial charge is 0.0897 e. The van der Waals surface area contributed by atoms with Crippen molar-refractivity contribution in [2.24, 2.45) is 11.7 Å². The summed E-state index contributed by atoms with van der Waals surface area (Å²) in [4.78, 5) is 2.74. The largest absolute Gasteiger partial charge is 0.394 e. The van der Waals surface area contributed by atoms with Crippen molar-refractivity contribution in [1.29, 1.82) is 0 Å². The van der Waals surface area contributed by atoms with Crippen LogP contribution in [0, 0.1) is 5.92 Å². The van der Waals surface area contributed by atoms with E-state index < -0.39 is 6.10 Å². The summed E-state index contributed by atoms with van der Waals surface area (Å²) in [6.45, 7) is 2.17. The van der Waals surface area contributed by atoms with E-state index in [1.165, 1.54) is 0 Å². The number of β-amino-alcohol motifs (C(OH)–C–C–N with tert-alkyl or cyclic N) is 1. The molecule has 1 fully saturated rings. The molecule has 4 nitrogen and oxygen atoms in total. The molecule has 1 unspecified atom stereocenters. The molecule has 0 amide bonds. The molecule has 0 spiro atoms. The molecule has 1 saturated heterocycles. The minimum atomic E-state index is -0.628. The molecule has 1 aliphatic rings. The van der Waals surface area contributed by atoms with Gasteiger partial charge in [0.1, 0.15) is 0 Å². The van der Waals surface area contributed by atoms with E-state index in [0.717, 1.165) is 25.9 Å². The molecule has 0 aromatic carbocycles. The van der Waals surface area contributed by atoms with Crippen molar-refractivity contribution < 1.29 is 10.2 Å². The van der Waals surface area contributed by atoms with Crippen LogP contribution in [0.1, 0.15) is 12.8 Å². The Hall–Kier alpha value is -0.230. The zero-order chi connectivity index (χ0) is 10.6. The van der Waals surface area contributed by atoms with Crippen LogP contribution >= 0.6 is 12.2 Å². The van der Waals surface area contributed by atoms with Crippen LogP contribution in [0.2, 0.25) is 0 Å². The summed E-state index contributed by atoms with van der Waals surface area (Å²) < 4.78 is 0. The van der Waals surface area contributed by atoms with E-state index in [-0.39, 0.29) is 6.61 Å². The maximum Gasteiger partial charge on any atom is 0.0897 e. The fraction of sp³-hybridized carbons (Fsp3) is 0.889. The first-order valence-corrected chi connectivity index (χ1v) is 5.35. The lowest BCUT2D eigenvalue weighted by Gasteiger charge is -2.32. The third-order valence-electron chi connectivity index (χ3n) is 2.67. The Bertz CT molecular complexity index is 193. The van der Waals surface area contributed by atoms with E-state index in [9.17, 15) is 5.11 Å². The van der Waals surface area contributed by atoms with Crippen LogP contribution in [0.25, 0.3) is 0 Å². The van der Waals surface area contributed by atoms with Gasteiger partial charge in [-0.25, -0.2) is 0 Å². The number of likely N-dealkylation sites (tertiary alicyclic amines) is 1. The van der Waals surface area contributed by atoms with E-state index >= 15 is 0 Å². The number of aliphatic hydroxyl groups is 2. The summed E-state index contributed by atoms with van der Waals surface area (Å²) in [6.07, 6.45) is 1.30. The molecule has 0 radical (unpaired) electrons. The highest BCUT2D eigenvalue weighted by molar-refractivity contribution is 7.80. The van der Waals surface area contributed by atoms with E-state index in [0.29, 0.717) is 17.5 Å². The third kappa shape index (κ3) is 3.49. The van der Waals surface area contributed by atoms with E-state index in [1.54, 1.807) is 0 Å². The highest BCUT2D eigenvalue weighted by Gasteiger charge is 2.21. The fourth-order valence-corrected chi connectivity index (χ4v) is 1.99. The summed E-state index contributed by atoms with van der Waals surface area (Å²) >= 11 is 4.93. The predicted octanol–water partition coefficient (Wildman–Crippen LogP) is -0.662. The highest BCUT2D eigenvalue weighted by Crippen LogP contribution is 2.17. The van der Waals surface area contributed by atoms with Gasteiger partial charge < -0.3 is 20.8 Å². The molecule has 5 heteroatoms. The summed E-state index contributed by atoms with van der Waals surface area (Å²) in [5, 5.41) is 17.9. The Morgan fingerprint density at radius 3 is 2.50 bits per heavy atom. The van der Waals surface area contributed by atoms with E-state index in [1.807, 2.05) is 0 Å². The Kier molecular flexibility index (Phi) is 4.74. The van der Waals surface area contributed by atoms with Gasteiger partial charge in [0.2, 0.25) is 0 Å². The average molecular weight is 218 g/mol. The van der Waals surface area contributed by atoms with Crippen molar-refractivity contribution in [3.05, 3.63) is 0 Å². The number of nitrogens with two attached hydrogens (primary N) is 1. The van der Waals surface area contributed by atoms with Crippen molar-refractivity contribution in [2.45, 2.75) is 18.9 Å². The Morgan fingerprint density at radius 2 is 2.07 bits per heavy atom. The molecule has 4 N–H and O–H groups in total. The quantitative estimate of drug-likeness (QED) is 0.546. The Morgan fingerprint density at radius 1 is 1.50 bits per heavy atom. The third-order valence-corrected chi connectivity index (χ3v) is 3.00. The maximum atomic E-state index is 9.24. The lowest BCUT2D eigenvalue weighted by molar-refractivity contribution is 0.0508. The number of piperidine rings is 1. The molecular formula is C9H18N2O2S. The zero-order valence-corrected chi connectivity index (χ0v) is 9.04. The molecule has 1 atom stereocenters. The second-order valence-electron chi connectivity index (χ2n) is 3.81. The number of nitrogens with zero attached hydrogens (tertiary/aromatic N) is 1. The van der Waals surface area contributed by atoms with Crippen molar-refractivity contribution in [3.63, 3.8) is 0 Å². The Balaban J connectivity index is 2.25. The summed E-state index contributed by atoms with van der Waals surface area (Å²) in [5.41, 5.74) is 5.56. The number of rotatable bonds is 4. The molecule has 0 aromatic heterocycles. The second kappa shape index (κ2) is 5.60. The standard InChI is InChI=1S/C9H18N2O2S/c10-9(14)7-1-3-11(4-2-7)5-8(13)6-12/h7-8,12-13H,1-6H2,(H2,10,14). The monoisotopic (exact) mass is 218 g/mol. The summed E-state index contributed by atoms with van der Waals surface area (Å²) in [5.74, 6) is 0.354. The van der Waals surface area contributed by atoms with Crippen LogP contribution in [0.5, 0.6) is 0 Å². The maximum absolute atomic E-state index is 9.24. The molecular weight excluding hydrogens is 200 g/mol. The van der Waals surface area contributed by atoms with Crippen LogP contribution in [0.3, 0.4) is 0 Å². The summed E-state index contributed by atoms with van der Waals surface area (Å²) in [6, 6.07) is 0. The molecule has 1 rings (SSSR count). The SMILES string of the molecule is NC(=S)C1CCN(CC(O)CO)CC1. The predicted molar refractivity (Wildman–Crippen MR) is 59.0 cm³/mol.